The molecular weight excluding hydrogens is 397 g/mol. The summed E-state index contributed by atoms with van der Waals surface area (Å²) in [6.07, 6.45) is -1.32. The molecule has 28 heavy (non-hydrogen) atoms. The number of sulfonamides is 1. The molecule has 4 rings (SSSR count). The first-order valence-corrected chi connectivity index (χ1v) is 10.5. The van der Waals surface area contributed by atoms with Crippen molar-refractivity contribution in [3.05, 3.63) is 29.8 Å². The van der Waals surface area contributed by atoms with Crippen LogP contribution < -0.4 is 4.31 Å². The summed E-state index contributed by atoms with van der Waals surface area (Å²) < 4.78 is 59.4. The van der Waals surface area contributed by atoms with Gasteiger partial charge in [0.05, 0.1) is 5.69 Å². The molecule has 0 radical (unpaired) electrons. The summed E-state index contributed by atoms with van der Waals surface area (Å²) in [5, 5.41) is 7.12. The van der Waals surface area contributed by atoms with Crippen LogP contribution in [-0.2, 0) is 19.6 Å². The fraction of sp³-hybridized carbons (Fsp3) is 0.611. The molecule has 1 aromatic carbocycles. The standard InChI is InChI=1S/C16H22N2O2S.C2HF3O2/c1-17-10-8-16(9-11-17)14-4-2-3-5-15(14)18(21(16,19)20)12-13-6-7-13;3-2(4,5)1(6)7/h2-5,13H,6-12H2,1H3;(H,6,7). The van der Waals surface area contributed by atoms with E-state index in [9.17, 15) is 21.6 Å². The van der Waals surface area contributed by atoms with Crippen LogP contribution in [0.2, 0.25) is 0 Å². The number of benzene rings is 1. The Balaban J connectivity index is 0.000000279. The molecule has 1 spiro atoms. The molecule has 0 bridgehead atoms. The Morgan fingerprint density at radius 3 is 2.25 bits per heavy atom. The number of fused-ring (bicyclic) bond motifs is 2. The van der Waals surface area contributed by atoms with Gasteiger partial charge in [0.2, 0.25) is 10.0 Å². The minimum atomic E-state index is -5.08. The maximum absolute atomic E-state index is 13.3. The van der Waals surface area contributed by atoms with E-state index in [4.69, 9.17) is 9.90 Å². The van der Waals surface area contributed by atoms with E-state index >= 15 is 0 Å². The molecule has 2 fully saturated rings. The predicted octanol–water partition coefficient (Wildman–Crippen LogP) is 2.80. The largest absolute Gasteiger partial charge is 0.490 e. The molecule has 156 valence electrons. The molecule has 1 aromatic rings. The van der Waals surface area contributed by atoms with Crippen LogP contribution in [0, 0.1) is 5.92 Å². The van der Waals surface area contributed by atoms with Gasteiger partial charge in [0.15, 0.2) is 0 Å². The highest BCUT2D eigenvalue weighted by Gasteiger charge is 2.57. The number of aliphatic carboxylic acids is 1. The summed E-state index contributed by atoms with van der Waals surface area (Å²) in [6.45, 7) is 2.38. The van der Waals surface area contributed by atoms with Crippen LogP contribution in [-0.4, -0.2) is 57.3 Å². The number of piperidine rings is 1. The molecular formula is C18H23F3N2O4S. The number of hydrogen-bond donors (Lipinski definition) is 1. The van der Waals surface area contributed by atoms with E-state index in [1.807, 2.05) is 24.3 Å². The average molecular weight is 420 g/mol. The van der Waals surface area contributed by atoms with Gasteiger partial charge in [0.25, 0.3) is 0 Å². The Kier molecular flexibility index (Phi) is 5.39. The van der Waals surface area contributed by atoms with Crippen LogP contribution in [0.1, 0.15) is 31.2 Å². The van der Waals surface area contributed by atoms with Crippen LogP contribution in [0.5, 0.6) is 0 Å². The first-order valence-electron chi connectivity index (χ1n) is 9.09. The predicted molar refractivity (Wildman–Crippen MR) is 97.5 cm³/mol. The Hall–Kier alpha value is -1.81. The third-order valence-electron chi connectivity index (χ3n) is 5.61. The van der Waals surface area contributed by atoms with Gasteiger partial charge in [-0.25, -0.2) is 13.2 Å². The van der Waals surface area contributed by atoms with Crippen molar-refractivity contribution in [2.24, 2.45) is 5.92 Å². The number of likely N-dealkylation sites (tertiary alicyclic amines) is 1. The summed E-state index contributed by atoms with van der Waals surface area (Å²) in [6, 6.07) is 7.96. The van der Waals surface area contributed by atoms with Gasteiger partial charge in [-0.1, -0.05) is 18.2 Å². The Labute approximate surface area is 162 Å². The number of hydrogen-bond acceptors (Lipinski definition) is 4. The van der Waals surface area contributed by atoms with Crippen LogP contribution in [0.15, 0.2) is 24.3 Å². The summed E-state index contributed by atoms with van der Waals surface area (Å²) in [7, 11) is -1.21. The fourth-order valence-corrected chi connectivity index (χ4v) is 6.19. The number of rotatable bonds is 2. The number of nitrogens with zero attached hydrogens (tertiary/aromatic N) is 2. The number of carboxylic acids is 1. The fourth-order valence-electron chi connectivity index (χ4n) is 3.79. The van der Waals surface area contributed by atoms with E-state index in [0.29, 0.717) is 25.3 Å². The van der Waals surface area contributed by atoms with Crippen molar-refractivity contribution in [2.75, 3.05) is 31.0 Å². The summed E-state index contributed by atoms with van der Waals surface area (Å²) in [5.74, 6) is -2.19. The lowest BCUT2D eigenvalue weighted by molar-refractivity contribution is -0.192. The minimum absolute atomic E-state index is 0.564. The topological polar surface area (TPSA) is 77.9 Å². The normalized spacial score (nSPS) is 23.1. The Bertz CT molecular complexity index is 845. The zero-order chi connectivity index (χ0) is 20.7. The minimum Gasteiger partial charge on any atom is -0.475 e. The molecule has 6 nitrogen and oxygen atoms in total. The van der Waals surface area contributed by atoms with Crippen molar-refractivity contribution in [2.45, 2.75) is 36.6 Å². The Morgan fingerprint density at radius 1 is 1.21 bits per heavy atom. The number of para-hydroxylation sites is 1. The van der Waals surface area contributed by atoms with Gasteiger partial charge in [0, 0.05) is 6.54 Å². The van der Waals surface area contributed by atoms with Crippen LogP contribution in [0.3, 0.4) is 0 Å². The second-order valence-electron chi connectivity index (χ2n) is 7.60. The second kappa shape index (κ2) is 7.22. The molecule has 1 N–H and O–H groups in total. The van der Waals surface area contributed by atoms with E-state index in [1.54, 1.807) is 4.31 Å². The lowest BCUT2D eigenvalue weighted by atomic mass is 9.87. The molecule has 3 aliphatic rings. The van der Waals surface area contributed by atoms with Crippen molar-refractivity contribution in [3.8, 4) is 0 Å². The molecule has 1 saturated heterocycles. The van der Waals surface area contributed by atoms with Crippen molar-refractivity contribution in [3.63, 3.8) is 0 Å². The zero-order valence-corrected chi connectivity index (χ0v) is 16.3. The molecule has 0 aromatic heterocycles. The number of carbonyl (C=O) groups is 1. The first kappa shape index (κ1) is 20.9. The number of carboxylic acid groups (broad SMARTS) is 1. The monoisotopic (exact) mass is 420 g/mol. The number of halogens is 3. The molecule has 0 amide bonds. The lowest BCUT2D eigenvalue weighted by Gasteiger charge is -2.37. The van der Waals surface area contributed by atoms with E-state index < -0.39 is 26.9 Å². The van der Waals surface area contributed by atoms with Crippen molar-refractivity contribution >= 4 is 21.7 Å². The highest BCUT2D eigenvalue weighted by molar-refractivity contribution is 7.94. The van der Waals surface area contributed by atoms with E-state index in [-0.39, 0.29) is 0 Å². The van der Waals surface area contributed by atoms with Gasteiger partial charge in [-0.15, -0.1) is 0 Å². The molecule has 10 heteroatoms. The third-order valence-corrected chi connectivity index (χ3v) is 8.15. The second-order valence-corrected chi connectivity index (χ2v) is 9.77. The van der Waals surface area contributed by atoms with Gasteiger partial charge in [-0.2, -0.15) is 13.2 Å². The summed E-state index contributed by atoms with van der Waals surface area (Å²) in [4.78, 5) is 11.1. The van der Waals surface area contributed by atoms with Gasteiger partial charge in [0.1, 0.15) is 4.75 Å². The quantitative estimate of drug-likeness (QED) is 0.796. The van der Waals surface area contributed by atoms with Crippen molar-refractivity contribution < 1.29 is 31.5 Å². The van der Waals surface area contributed by atoms with Crippen LogP contribution in [0.4, 0.5) is 18.9 Å². The van der Waals surface area contributed by atoms with Gasteiger partial charge >= 0.3 is 12.1 Å². The van der Waals surface area contributed by atoms with E-state index in [0.717, 1.165) is 24.3 Å². The van der Waals surface area contributed by atoms with Crippen LogP contribution in [0.25, 0.3) is 0 Å². The van der Waals surface area contributed by atoms with Crippen LogP contribution >= 0.6 is 0 Å². The smallest absolute Gasteiger partial charge is 0.475 e. The van der Waals surface area contributed by atoms with Crippen molar-refractivity contribution in [1.82, 2.24) is 4.90 Å². The molecule has 1 aliphatic carbocycles. The van der Waals surface area contributed by atoms with Gasteiger partial charge < -0.3 is 10.0 Å². The lowest BCUT2D eigenvalue weighted by Crippen LogP contribution is -2.47. The third kappa shape index (κ3) is 3.71. The van der Waals surface area contributed by atoms with E-state index in [2.05, 4.69) is 11.9 Å². The van der Waals surface area contributed by atoms with Gasteiger partial charge in [-0.05, 0) is 63.4 Å². The maximum Gasteiger partial charge on any atom is 0.490 e. The summed E-state index contributed by atoms with van der Waals surface area (Å²) in [5.41, 5.74) is 1.98. The van der Waals surface area contributed by atoms with E-state index in [1.165, 1.54) is 12.8 Å². The van der Waals surface area contributed by atoms with Gasteiger partial charge in [-0.3, -0.25) is 4.31 Å². The number of alkyl halides is 3. The molecule has 0 unspecified atom stereocenters. The SMILES string of the molecule is CN1CCC2(CC1)c1ccccc1N(CC1CC1)S2(=O)=O.O=C(O)C(F)(F)F. The maximum atomic E-state index is 13.3. The molecule has 1 saturated carbocycles. The summed E-state index contributed by atoms with van der Waals surface area (Å²) >= 11 is 0. The number of anilines is 1. The molecule has 0 atom stereocenters. The van der Waals surface area contributed by atoms with Crippen molar-refractivity contribution in [1.29, 1.82) is 0 Å². The highest BCUT2D eigenvalue weighted by atomic mass is 32.2. The zero-order valence-electron chi connectivity index (χ0n) is 15.4. The molecule has 2 heterocycles. The Morgan fingerprint density at radius 2 is 1.75 bits per heavy atom. The average Bonchev–Trinajstić information content (AvgIpc) is 3.41. The first-order chi connectivity index (χ1) is 13.0. The molecule has 2 aliphatic heterocycles. The highest BCUT2D eigenvalue weighted by Crippen LogP contribution is 2.53.